The Morgan fingerprint density at radius 3 is 3.07 bits per heavy atom. The molecule has 0 aliphatic carbocycles. The summed E-state index contributed by atoms with van der Waals surface area (Å²) in [6.45, 7) is 0.0200. The van der Waals surface area contributed by atoms with Crippen molar-refractivity contribution in [2.75, 3.05) is 6.61 Å². The first kappa shape index (κ1) is 8.83. The molecule has 2 aromatic rings. The molecule has 2 aromatic heterocycles. The van der Waals surface area contributed by atoms with Gasteiger partial charge in [0, 0.05) is 12.6 Å². The Hall–Kier alpha value is -1.75. The van der Waals surface area contributed by atoms with Crippen LogP contribution in [0.25, 0.3) is 5.65 Å². The molecule has 0 spiro atoms. The summed E-state index contributed by atoms with van der Waals surface area (Å²) in [4.78, 5) is 10.7. The molecule has 0 aliphatic rings. The Bertz CT molecular complexity index is 464. The summed E-state index contributed by atoms with van der Waals surface area (Å²) in [5, 5.41) is 16.5. The molecule has 5 heteroatoms. The molecule has 0 aliphatic heterocycles. The summed E-state index contributed by atoms with van der Waals surface area (Å²) < 4.78 is 1.71. The van der Waals surface area contributed by atoms with E-state index in [4.69, 9.17) is 5.11 Å². The van der Waals surface area contributed by atoms with Gasteiger partial charge >= 0.3 is 0 Å². The predicted octanol–water partition coefficient (Wildman–Crippen LogP) is 0.0766. The predicted molar refractivity (Wildman–Crippen MR) is 49.2 cm³/mol. The smallest absolute Gasteiger partial charge is 0.171 e. The van der Waals surface area contributed by atoms with E-state index in [1.165, 1.54) is 0 Å². The van der Waals surface area contributed by atoms with Crippen molar-refractivity contribution in [3.63, 3.8) is 0 Å². The van der Waals surface area contributed by atoms with Gasteiger partial charge in [-0.1, -0.05) is 0 Å². The van der Waals surface area contributed by atoms with E-state index in [0.717, 1.165) is 6.29 Å². The van der Waals surface area contributed by atoms with E-state index >= 15 is 0 Å². The van der Waals surface area contributed by atoms with Crippen molar-refractivity contribution < 1.29 is 9.90 Å². The van der Waals surface area contributed by atoms with Gasteiger partial charge in [0.15, 0.2) is 11.9 Å². The summed E-state index contributed by atoms with van der Waals surface area (Å²) >= 11 is 0. The quantitative estimate of drug-likeness (QED) is 0.697. The molecule has 0 aromatic carbocycles. The fraction of sp³-hybridized carbons (Fsp3) is 0.222. The molecule has 0 saturated carbocycles. The number of carbonyl (C=O) groups is 1. The van der Waals surface area contributed by atoms with Gasteiger partial charge in [-0.15, -0.1) is 10.2 Å². The number of pyridine rings is 1. The highest BCUT2D eigenvalue weighted by Gasteiger charge is 2.07. The lowest BCUT2D eigenvalue weighted by atomic mass is 10.3. The minimum absolute atomic E-state index is 0.0200. The van der Waals surface area contributed by atoms with Crippen LogP contribution < -0.4 is 0 Å². The third-order valence-electron chi connectivity index (χ3n) is 2.00. The van der Waals surface area contributed by atoms with E-state index in [0.29, 0.717) is 23.5 Å². The van der Waals surface area contributed by atoms with Gasteiger partial charge in [0.25, 0.3) is 0 Å². The number of carbonyl (C=O) groups excluding carboxylic acids is 1. The second-order valence-corrected chi connectivity index (χ2v) is 2.86. The molecule has 0 unspecified atom stereocenters. The van der Waals surface area contributed by atoms with E-state index in [2.05, 4.69) is 10.2 Å². The van der Waals surface area contributed by atoms with Gasteiger partial charge in [-0.05, 0) is 12.1 Å². The largest absolute Gasteiger partial charge is 0.396 e. The highest BCUT2D eigenvalue weighted by atomic mass is 16.3. The van der Waals surface area contributed by atoms with E-state index in [1.807, 2.05) is 0 Å². The van der Waals surface area contributed by atoms with Gasteiger partial charge in [0.1, 0.15) is 5.82 Å². The lowest BCUT2D eigenvalue weighted by Gasteiger charge is -1.97. The summed E-state index contributed by atoms with van der Waals surface area (Å²) in [6, 6.07) is 3.43. The van der Waals surface area contributed by atoms with Crippen LogP contribution in [0, 0.1) is 0 Å². The zero-order valence-corrected chi connectivity index (χ0v) is 7.42. The molecule has 2 heterocycles. The Balaban J connectivity index is 2.63. The molecule has 0 radical (unpaired) electrons. The minimum atomic E-state index is 0.0200. The summed E-state index contributed by atoms with van der Waals surface area (Å²) in [5.41, 5.74) is 1.04. The Labute approximate surface area is 80.0 Å². The topological polar surface area (TPSA) is 67.5 Å². The molecule has 2 rings (SSSR count). The van der Waals surface area contributed by atoms with Crippen molar-refractivity contribution in [3.8, 4) is 0 Å². The number of aliphatic hydroxyl groups excluding tert-OH is 1. The number of aromatic nitrogens is 3. The van der Waals surface area contributed by atoms with Gasteiger partial charge < -0.3 is 5.11 Å². The van der Waals surface area contributed by atoms with Crippen molar-refractivity contribution in [1.29, 1.82) is 0 Å². The number of fused-ring (bicyclic) bond motifs is 1. The first-order valence-corrected chi connectivity index (χ1v) is 4.25. The molecule has 5 nitrogen and oxygen atoms in total. The van der Waals surface area contributed by atoms with Gasteiger partial charge in [-0.3, -0.25) is 9.20 Å². The molecule has 0 fully saturated rings. The molecular formula is C9H9N3O2. The van der Waals surface area contributed by atoms with Crippen molar-refractivity contribution in [1.82, 2.24) is 14.6 Å². The van der Waals surface area contributed by atoms with E-state index in [1.54, 1.807) is 22.7 Å². The first-order chi connectivity index (χ1) is 6.86. The van der Waals surface area contributed by atoms with Crippen molar-refractivity contribution >= 4 is 11.9 Å². The standard InChI is InChI=1S/C9H9N3O2/c13-5-3-8-10-11-9-7(6-14)2-1-4-12(8)9/h1-2,4,6,13H,3,5H2. The second kappa shape index (κ2) is 3.55. The maximum absolute atomic E-state index is 10.7. The molecule has 0 amide bonds. The number of aldehydes is 1. The fourth-order valence-corrected chi connectivity index (χ4v) is 1.35. The normalized spacial score (nSPS) is 10.6. The van der Waals surface area contributed by atoms with Crippen LogP contribution in [0.5, 0.6) is 0 Å². The molecule has 0 atom stereocenters. The van der Waals surface area contributed by atoms with Crippen LogP contribution in [0.2, 0.25) is 0 Å². The molecule has 1 N–H and O–H groups in total. The molecule has 0 bridgehead atoms. The molecule has 14 heavy (non-hydrogen) atoms. The van der Waals surface area contributed by atoms with Crippen LogP contribution in [-0.2, 0) is 6.42 Å². The van der Waals surface area contributed by atoms with Crippen molar-refractivity contribution in [2.45, 2.75) is 6.42 Å². The van der Waals surface area contributed by atoms with Crippen LogP contribution in [-0.4, -0.2) is 32.6 Å². The summed E-state index contributed by atoms with van der Waals surface area (Å²) in [6.07, 6.45) is 2.95. The number of rotatable bonds is 3. The number of nitrogens with zero attached hydrogens (tertiary/aromatic N) is 3. The lowest BCUT2D eigenvalue weighted by Crippen LogP contribution is -1.98. The van der Waals surface area contributed by atoms with E-state index < -0.39 is 0 Å². The molecule has 0 saturated heterocycles. The maximum Gasteiger partial charge on any atom is 0.171 e. The Morgan fingerprint density at radius 2 is 2.36 bits per heavy atom. The van der Waals surface area contributed by atoms with E-state index in [9.17, 15) is 4.79 Å². The minimum Gasteiger partial charge on any atom is -0.396 e. The van der Waals surface area contributed by atoms with Gasteiger partial charge in [-0.2, -0.15) is 0 Å². The highest BCUT2D eigenvalue weighted by Crippen LogP contribution is 2.08. The van der Waals surface area contributed by atoms with Crippen molar-refractivity contribution in [2.24, 2.45) is 0 Å². The summed E-state index contributed by atoms with van der Waals surface area (Å²) in [5.74, 6) is 0.659. The Morgan fingerprint density at radius 1 is 1.50 bits per heavy atom. The third-order valence-corrected chi connectivity index (χ3v) is 2.00. The van der Waals surface area contributed by atoms with Gasteiger partial charge in [0.2, 0.25) is 0 Å². The average molecular weight is 191 g/mol. The Kier molecular flexibility index (Phi) is 2.24. The molecule has 72 valence electrons. The van der Waals surface area contributed by atoms with Crippen LogP contribution in [0.15, 0.2) is 18.3 Å². The highest BCUT2D eigenvalue weighted by molar-refractivity contribution is 5.83. The lowest BCUT2D eigenvalue weighted by molar-refractivity contribution is 0.112. The monoisotopic (exact) mass is 191 g/mol. The number of hydrogen-bond donors (Lipinski definition) is 1. The van der Waals surface area contributed by atoms with Gasteiger partial charge in [0.05, 0.1) is 12.2 Å². The zero-order valence-electron chi connectivity index (χ0n) is 7.42. The third kappa shape index (κ3) is 1.27. The first-order valence-electron chi connectivity index (χ1n) is 4.25. The molecular weight excluding hydrogens is 182 g/mol. The maximum atomic E-state index is 10.7. The van der Waals surface area contributed by atoms with Crippen LogP contribution in [0.1, 0.15) is 16.2 Å². The zero-order chi connectivity index (χ0) is 9.97. The van der Waals surface area contributed by atoms with E-state index in [-0.39, 0.29) is 6.61 Å². The van der Waals surface area contributed by atoms with Crippen LogP contribution in [0.4, 0.5) is 0 Å². The fourth-order valence-electron chi connectivity index (χ4n) is 1.35. The van der Waals surface area contributed by atoms with Crippen LogP contribution >= 0.6 is 0 Å². The van der Waals surface area contributed by atoms with Crippen molar-refractivity contribution in [3.05, 3.63) is 29.7 Å². The summed E-state index contributed by atoms with van der Waals surface area (Å²) in [7, 11) is 0. The average Bonchev–Trinajstić information content (AvgIpc) is 2.62. The van der Waals surface area contributed by atoms with Gasteiger partial charge in [-0.25, -0.2) is 0 Å². The number of hydrogen-bond acceptors (Lipinski definition) is 4. The number of aliphatic hydroxyl groups is 1. The SMILES string of the molecule is O=Cc1cccn2c(CCO)nnc12. The second-order valence-electron chi connectivity index (χ2n) is 2.86. The van der Waals surface area contributed by atoms with Crippen LogP contribution in [0.3, 0.4) is 0 Å².